The summed E-state index contributed by atoms with van der Waals surface area (Å²) in [5.41, 5.74) is 12.4. The molecule has 0 aliphatic heterocycles. The van der Waals surface area contributed by atoms with Gasteiger partial charge in [0, 0.05) is 16.9 Å². The molecule has 4 N–H and O–H groups in total. The average Bonchev–Trinajstić information content (AvgIpc) is 2.29. The smallest absolute Gasteiger partial charge is 0.399 e. The van der Waals surface area contributed by atoms with E-state index in [0.717, 1.165) is 17.7 Å². The Hall–Kier alpha value is -2.17. The lowest BCUT2D eigenvalue weighted by atomic mass is 10.0. The molecule has 5 heteroatoms. The molecule has 2 aromatic carbocycles. The van der Waals surface area contributed by atoms with Crippen LogP contribution in [0, 0.1) is 0 Å². The standard InChI is InChI=1S/C13H11F3N2/c14-13(15,16)9-3-6-11(12(18)7-9)8-1-4-10(17)5-2-8/h1-7H,17-18H2. The molecular weight excluding hydrogens is 241 g/mol. The molecule has 0 aliphatic rings. The number of halogens is 3. The monoisotopic (exact) mass is 252 g/mol. The summed E-state index contributed by atoms with van der Waals surface area (Å²) in [6.45, 7) is 0. The van der Waals surface area contributed by atoms with Crippen molar-refractivity contribution in [3.63, 3.8) is 0 Å². The molecule has 2 rings (SSSR count). The second kappa shape index (κ2) is 4.25. The third-order valence-corrected chi connectivity index (χ3v) is 2.60. The molecule has 0 aliphatic carbocycles. The minimum absolute atomic E-state index is 0.0922. The zero-order chi connectivity index (χ0) is 13.3. The van der Waals surface area contributed by atoms with Crippen LogP contribution in [0.1, 0.15) is 5.56 Å². The molecule has 0 atom stereocenters. The first-order valence-electron chi connectivity index (χ1n) is 5.20. The van der Waals surface area contributed by atoms with Crippen LogP contribution in [-0.4, -0.2) is 0 Å². The highest BCUT2D eigenvalue weighted by atomic mass is 19.4. The van der Waals surface area contributed by atoms with Crippen molar-refractivity contribution in [3.05, 3.63) is 48.0 Å². The molecule has 2 aromatic rings. The normalized spacial score (nSPS) is 11.5. The van der Waals surface area contributed by atoms with Crippen LogP contribution in [-0.2, 0) is 6.18 Å². The van der Waals surface area contributed by atoms with Crippen molar-refractivity contribution in [3.8, 4) is 11.1 Å². The fraction of sp³-hybridized carbons (Fsp3) is 0.0769. The Balaban J connectivity index is 2.45. The van der Waals surface area contributed by atoms with Crippen LogP contribution in [0.15, 0.2) is 42.5 Å². The van der Waals surface area contributed by atoms with E-state index in [-0.39, 0.29) is 5.69 Å². The zero-order valence-electron chi connectivity index (χ0n) is 9.33. The molecule has 0 heterocycles. The van der Waals surface area contributed by atoms with Crippen molar-refractivity contribution in [2.75, 3.05) is 11.5 Å². The summed E-state index contributed by atoms with van der Waals surface area (Å²) >= 11 is 0. The molecule has 0 spiro atoms. The lowest BCUT2D eigenvalue weighted by Gasteiger charge is -2.11. The Kier molecular flexibility index (Phi) is 2.90. The second-order valence-electron chi connectivity index (χ2n) is 3.92. The molecule has 0 unspecified atom stereocenters. The summed E-state index contributed by atoms with van der Waals surface area (Å²) in [7, 11) is 0. The lowest BCUT2D eigenvalue weighted by Crippen LogP contribution is -2.05. The maximum absolute atomic E-state index is 12.5. The third-order valence-electron chi connectivity index (χ3n) is 2.60. The highest BCUT2D eigenvalue weighted by Gasteiger charge is 2.30. The van der Waals surface area contributed by atoms with Crippen molar-refractivity contribution in [2.24, 2.45) is 0 Å². The van der Waals surface area contributed by atoms with Gasteiger partial charge in [0.2, 0.25) is 0 Å². The van der Waals surface area contributed by atoms with E-state index in [2.05, 4.69) is 0 Å². The first-order chi connectivity index (χ1) is 8.38. The number of nitrogens with two attached hydrogens (primary N) is 2. The predicted molar refractivity (Wildman–Crippen MR) is 65.7 cm³/mol. The van der Waals surface area contributed by atoms with E-state index in [1.165, 1.54) is 6.07 Å². The second-order valence-corrected chi connectivity index (χ2v) is 3.92. The minimum atomic E-state index is -4.38. The van der Waals surface area contributed by atoms with Gasteiger partial charge in [0.05, 0.1) is 5.56 Å². The van der Waals surface area contributed by atoms with Gasteiger partial charge in [-0.05, 0) is 29.8 Å². The van der Waals surface area contributed by atoms with Gasteiger partial charge in [-0.2, -0.15) is 13.2 Å². The van der Waals surface area contributed by atoms with E-state index in [9.17, 15) is 13.2 Å². The molecule has 94 valence electrons. The van der Waals surface area contributed by atoms with Gasteiger partial charge in [0.15, 0.2) is 0 Å². The maximum atomic E-state index is 12.5. The molecule has 18 heavy (non-hydrogen) atoms. The van der Waals surface area contributed by atoms with Gasteiger partial charge in [-0.25, -0.2) is 0 Å². The maximum Gasteiger partial charge on any atom is 0.416 e. The Labute approximate surface area is 102 Å². The molecule has 0 radical (unpaired) electrons. The van der Waals surface area contributed by atoms with Crippen molar-refractivity contribution in [1.82, 2.24) is 0 Å². The van der Waals surface area contributed by atoms with Crippen molar-refractivity contribution in [1.29, 1.82) is 0 Å². The summed E-state index contributed by atoms with van der Waals surface area (Å²) in [6, 6.07) is 10.1. The van der Waals surface area contributed by atoms with Gasteiger partial charge < -0.3 is 11.5 Å². The number of hydrogen-bond donors (Lipinski definition) is 2. The van der Waals surface area contributed by atoms with Crippen LogP contribution < -0.4 is 11.5 Å². The topological polar surface area (TPSA) is 52.0 Å². The largest absolute Gasteiger partial charge is 0.416 e. The molecule has 0 bridgehead atoms. The Morgan fingerprint density at radius 3 is 1.94 bits per heavy atom. The summed E-state index contributed by atoms with van der Waals surface area (Å²) in [5.74, 6) is 0. The van der Waals surface area contributed by atoms with E-state index in [1.54, 1.807) is 24.3 Å². The number of anilines is 2. The molecular formula is C13H11F3N2. The van der Waals surface area contributed by atoms with E-state index >= 15 is 0 Å². The van der Waals surface area contributed by atoms with E-state index < -0.39 is 11.7 Å². The lowest BCUT2D eigenvalue weighted by molar-refractivity contribution is -0.137. The van der Waals surface area contributed by atoms with E-state index in [0.29, 0.717) is 11.3 Å². The number of alkyl halides is 3. The van der Waals surface area contributed by atoms with Gasteiger partial charge in [-0.15, -0.1) is 0 Å². The Morgan fingerprint density at radius 1 is 0.833 bits per heavy atom. The van der Waals surface area contributed by atoms with Crippen LogP contribution in [0.5, 0.6) is 0 Å². The molecule has 0 fully saturated rings. The SMILES string of the molecule is Nc1ccc(-c2ccc(C(F)(F)F)cc2N)cc1. The Morgan fingerprint density at radius 2 is 1.44 bits per heavy atom. The number of rotatable bonds is 1. The highest BCUT2D eigenvalue weighted by Crippen LogP contribution is 2.34. The van der Waals surface area contributed by atoms with Crippen molar-refractivity contribution >= 4 is 11.4 Å². The van der Waals surface area contributed by atoms with Crippen molar-refractivity contribution in [2.45, 2.75) is 6.18 Å². The first kappa shape index (κ1) is 12.3. The van der Waals surface area contributed by atoms with Gasteiger partial charge in [0.1, 0.15) is 0 Å². The fourth-order valence-corrected chi connectivity index (χ4v) is 1.66. The number of benzene rings is 2. The van der Waals surface area contributed by atoms with E-state index in [4.69, 9.17) is 11.5 Å². The predicted octanol–water partition coefficient (Wildman–Crippen LogP) is 3.54. The van der Waals surface area contributed by atoms with Gasteiger partial charge in [-0.3, -0.25) is 0 Å². The molecule has 2 nitrogen and oxygen atoms in total. The van der Waals surface area contributed by atoms with E-state index in [1.807, 2.05) is 0 Å². The van der Waals surface area contributed by atoms with Gasteiger partial charge in [0.25, 0.3) is 0 Å². The zero-order valence-corrected chi connectivity index (χ0v) is 9.33. The van der Waals surface area contributed by atoms with Crippen LogP contribution in [0.4, 0.5) is 24.5 Å². The highest BCUT2D eigenvalue weighted by molar-refractivity contribution is 5.77. The van der Waals surface area contributed by atoms with Crippen LogP contribution >= 0.6 is 0 Å². The first-order valence-corrected chi connectivity index (χ1v) is 5.20. The molecule has 0 saturated carbocycles. The fourth-order valence-electron chi connectivity index (χ4n) is 1.66. The van der Waals surface area contributed by atoms with Crippen LogP contribution in [0.3, 0.4) is 0 Å². The quantitative estimate of drug-likeness (QED) is 0.763. The summed E-state index contributed by atoms with van der Waals surface area (Å²) in [5, 5.41) is 0. The molecule has 0 amide bonds. The van der Waals surface area contributed by atoms with Gasteiger partial charge in [-0.1, -0.05) is 18.2 Å². The summed E-state index contributed by atoms with van der Waals surface area (Å²) < 4.78 is 37.4. The average molecular weight is 252 g/mol. The third kappa shape index (κ3) is 2.40. The number of nitrogen functional groups attached to an aromatic ring is 2. The summed E-state index contributed by atoms with van der Waals surface area (Å²) in [4.78, 5) is 0. The van der Waals surface area contributed by atoms with Gasteiger partial charge >= 0.3 is 6.18 Å². The molecule has 0 saturated heterocycles. The van der Waals surface area contributed by atoms with Crippen molar-refractivity contribution < 1.29 is 13.2 Å². The number of hydrogen-bond acceptors (Lipinski definition) is 2. The minimum Gasteiger partial charge on any atom is -0.399 e. The van der Waals surface area contributed by atoms with Crippen LogP contribution in [0.2, 0.25) is 0 Å². The Bertz CT molecular complexity index is 559. The van der Waals surface area contributed by atoms with Crippen LogP contribution in [0.25, 0.3) is 11.1 Å². The summed E-state index contributed by atoms with van der Waals surface area (Å²) in [6.07, 6.45) is -4.38. The molecule has 0 aromatic heterocycles.